The average Bonchev–Trinajstić information content (AvgIpc) is 1.53. The van der Waals surface area contributed by atoms with E-state index in [1.54, 1.807) is 0 Å². The third-order valence-corrected chi connectivity index (χ3v) is 21.8. The van der Waals surface area contributed by atoms with Crippen molar-refractivity contribution in [1.82, 2.24) is 0 Å². The predicted octanol–water partition coefficient (Wildman–Crippen LogP) is 26.0. The summed E-state index contributed by atoms with van der Waals surface area (Å²) in [4.78, 5) is 0. The summed E-state index contributed by atoms with van der Waals surface area (Å²) < 4.78 is 0. The lowest BCUT2D eigenvalue weighted by atomic mass is 9.40. The first-order valence-electron chi connectivity index (χ1n) is 34.6. The maximum absolute atomic E-state index is 4.50. The van der Waals surface area contributed by atoms with E-state index in [4.69, 9.17) is 0 Å². The van der Waals surface area contributed by atoms with Crippen LogP contribution in [0, 0.1) is 0 Å². The van der Waals surface area contributed by atoms with Gasteiger partial charge in [-0.3, -0.25) is 0 Å². The summed E-state index contributed by atoms with van der Waals surface area (Å²) in [6, 6.07) is 73.5. The first kappa shape index (κ1) is 61.2. The van der Waals surface area contributed by atoms with Crippen molar-refractivity contribution >= 4 is 141 Å². The van der Waals surface area contributed by atoms with Gasteiger partial charge in [0.15, 0.2) is 0 Å². The Morgan fingerprint density at radius 2 is 0.484 bits per heavy atom. The van der Waals surface area contributed by atoms with E-state index in [-0.39, 0.29) is 32.5 Å². The summed E-state index contributed by atoms with van der Waals surface area (Å²) in [5.41, 5.74) is 21.1. The number of hydrogen-bond donors (Lipinski definition) is 0. The molecule has 5 radical (unpaired) electrons. The summed E-state index contributed by atoms with van der Waals surface area (Å²) in [5, 5.41) is 29.5. The summed E-state index contributed by atoms with van der Waals surface area (Å²) in [5.74, 6) is 0. The highest BCUT2D eigenvalue weighted by Gasteiger charge is 2.36. The molecule has 0 spiro atoms. The summed E-state index contributed by atoms with van der Waals surface area (Å²) >= 11 is 0. The van der Waals surface area contributed by atoms with Crippen LogP contribution in [0.4, 0.5) is 0 Å². The minimum Gasteiger partial charge on any atom is -0.0616 e. The minimum absolute atomic E-state index is 0.0451. The molecule has 0 fully saturated rings. The van der Waals surface area contributed by atoms with Crippen LogP contribution in [0.1, 0.15) is 158 Å². The Morgan fingerprint density at radius 3 is 0.895 bits per heavy atom. The number of rotatable bonds is 3. The molecule has 0 N–H and O–H groups in total. The second kappa shape index (κ2) is 20.4. The molecule has 0 saturated carbocycles. The lowest BCUT2D eigenvalue weighted by Crippen LogP contribution is -2.17. The zero-order valence-electron chi connectivity index (χ0n) is 59.1. The minimum atomic E-state index is -0.0769. The first-order valence-corrected chi connectivity index (χ1v) is 34.6. The molecule has 0 aliphatic heterocycles. The average molecular weight is 1220 g/mol. The van der Waals surface area contributed by atoms with Gasteiger partial charge in [-0.15, -0.1) is 0 Å². The fourth-order valence-corrected chi connectivity index (χ4v) is 16.8. The van der Waals surface area contributed by atoms with Crippen molar-refractivity contribution < 1.29 is 0 Å². The second-order valence-electron chi connectivity index (χ2n) is 34.3. The molecule has 3 heteroatoms. The van der Waals surface area contributed by atoms with Gasteiger partial charge in [-0.1, -0.05) is 294 Å². The second-order valence-corrected chi connectivity index (χ2v) is 34.3. The lowest BCUT2D eigenvalue weighted by molar-refractivity contribution is 0.568. The van der Waals surface area contributed by atoms with Gasteiger partial charge >= 0.3 is 0 Å². The predicted molar refractivity (Wildman–Crippen MR) is 423 cm³/mol. The van der Waals surface area contributed by atoms with Crippen LogP contribution in [-0.4, -0.2) is 22.5 Å². The quantitative estimate of drug-likeness (QED) is 0.0940. The lowest BCUT2D eigenvalue weighted by Gasteiger charge is -2.29. The van der Waals surface area contributed by atoms with E-state index in [2.05, 4.69) is 322 Å². The molecular formula is C92H84B3. The van der Waals surface area contributed by atoms with Crippen molar-refractivity contribution in [2.24, 2.45) is 0 Å². The maximum atomic E-state index is 4.50. The van der Waals surface area contributed by atoms with Crippen molar-refractivity contribution in [1.29, 1.82) is 0 Å². The third kappa shape index (κ3) is 9.09. The van der Waals surface area contributed by atoms with Crippen LogP contribution in [0.25, 0.3) is 174 Å². The Kier molecular flexibility index (Phi) is 13.2. The van der Waals surface area contributed by atoms with Crippen molar-refractivity contribution in [2.45, 2.75) is 157 Å². The molecule has 17 rings (SSSR count). The van der Waals surface area contributed by atoms with E-state index in [9.17, 15) is 0 Å². The molecule has 0 saturated heterocycles. The molecule has 0 heterocycles. The smallest absolute Gasteiger partial charge is 0 e. The fourth-order valence-electron chi connectivity index (χ4n) is 16.8. The maximum Gasteiger partial charge on any atom is 0 e. The monoisotopic (exact) mass is 1220 g/mol. The first-order chi connectivity index (χ1) is 44.8. The molecular weight excluding hydrogens is 1140 g/mol. The molecule has 1 aliphatic carbocycles. The molecule has 16 aromatic rings. The van der Waals surface area contributed by atoms with Gasteiger partial charge in [0.25, 0.3) is 0 Å². The molecule has 1 aliphatic rings. The Hall–Kier alpha value is -8.65. The standard InChI is InChI=1S/C92H84.B3/c1-87(2,3)54-38-51(39-55(46-54)88(4,5)6)74-67-29-23-28-61-60-26-21-22-27-62(60)82(79(61)67)86-71-37-33-66-64-32-36-70-80-69(35-31-63(77(64)80)65-30-34-68(83(74)86)81(71)78(65)66)84-75(52-40-56(89(7,8)9)47-57(41-52)90(10,11)12)72-44-49-24-19-20-25-50(49)45-73(72)76(85(70)84)53-42-58(91(13,14)15)48-59(43-53)92(16,17)18;1-3-2/h19-48H,1-18H3;. The molecule has 95 heavy (non-hydrogen) atoms. The largest absolute Gasteiger partial charge is 0.0616 e. The molecule has 0 bridgehead atoms. The Balaban J connectivity index is 0.00000233. The molecule has 461 valence electrons. The number of benzene rings is 14. The van der Waals surface area contributed by atoms with Gasteiger partial charge in [-0.05, 0) is 252 Å². The topological polar surface area (TPSA) is 0 Å². The molecule has 0 atom stereocenters. The number of fused-ring (bicyclic) bond motifs is 14. The van der Waals surface area contributed by atoms with Crippen LogP contribution in [0.2, 0.25) is 0 Å². The molecule has 0 amide bonds. The van der Waals surface area contributed by atoms with E-state index >= 15 is 0 Å². The summed E-state index contributed by atoms with van der Waals surface area (Å²) in [6.07, 6.45) is 0. The summed E-state index contributed by atoms with van der Waals surface area (Å²) in [6.45, 7) is 42.8. The zero-order chi connectivity index (χ0) is 66.9. The number of hydrogen-bond acceptors (Lipinski definition) is 0. The van der Waals surface area contributed by atoms with Gasteiger partial charge < -0.3 is 0 Å². The van der Waals surface area contributed by atoms with Crippen molar-refractivity contribution in [3.63, 3.8) is 0 Å². The normalized spacial score (nSPS) is 13.5. The molecule has 0 aromatic heterocycles. The third-order valence-electron chi connectivity index (χ3n) is 21.8. The van der Waals surface area contributed by atoms with E-state index in [0.29, 0.717) is 0 Å². The van der Waals surface area contributed by atoms with Crippen LogP contribution in [0.5, 0.6) is 0 Å². The van der Waals surface area contributed by atoms with Gasteiger partial charge in [0.05, 0.1) is 0 Å². The molecule has 16 aromatic carbocycles. The van der Waals surface area contributed by atoms with Crippen LogP contribution in [-0.2, 0) is 32.5 Å². The van der Waals surface area contributed by atoms with Gasteiger partial charge in [-0.25, -0.2) is 0 Å². The highest BCUT2D eigenvalue weighted by molar-refractivity contribution is 7.17. The van der Waals surface area contributed by atoms with Crippen LogP contribution < -0.4 is 0 Å². The van der Waals surface area contributed by atoms with Gasteiger partial charge in [0.2, 0.25) is 0 Å². The van der Waals surface area contributed by atoms with Crippen molar-refractivity contribution in [2.75, 3.05) is 0 Å². The highest BCUT2D eigenvalue weighted by Crippen LogP contribution is 2.62. The van der Waals surface area contributed by atoms with Gasteiger partial charge in [-0.2, -0.15) is 0 Å². The van der Waals surface area contributed by atoms with Gasteiger partial charge in [0, 0.05) is 22.5 Å². The van der Waals surface area contributed by atoms with E-state index < -0.39 is 0 Å². The SMILES string of the molecule is CC(C)(C)c1cc(-c2c3c(c(-c4cc(C(C)(C)C)cc(C(C)(C)C)c4)c4cc5ccccc5cc24)-c2ccc4c5ccc6c7c(ccc(c8ccc-3c2c84)c57)c2c(-c3cc(C(C)(C)C)cc(C(C)(C)C)c3)c3cccc4c5ccccc5c(c34)c62)cc(C(C)(C)C)c1.[B][B][B]. The van der Waals surface area contributed by atoms with Crippen molar-refractivity contribution in [3.05, 3.63) is 215 Å². The van der Waals surface area contributed by atoms with Gasteiger partial charge in [0.1, 0.15) is 0 Å². The Bertz CT molecular complexity index is 5630. The van der Waals surface area contributed by atoms with Crippen LogP contribution in [0.3, 0.4) is 0 Å². The zero-order valence-corrected chi connectivity index (χ0v) is 59.1. The van der Waals surface area contributed by atoms with Crippen LogP contribution in [0.15, 0.2) is 182 Å². The van der Waals surface area contributed by atoms with E-state index in [0.717, 1.165) is 7.06 Å². The van der Waals surface area contributed by atoms with Crippen LogP contribution >= 0.6 is 0 Å². The Labute approximate surface area is 565 Å². The Morgan fingerprint density at radius 1 is 0.211 bits per heavy atom. The van der Waals surface area contributed by atoms with E-state index in [1.807, 2.05) is 0 Å². The summed E-state index contributed by atoms with van der Waals surface area (Å²) in [7, 11) is 10.0. The van der Waals surface area contributed by atoms with E-state index in [1.165, 1.54) is 208 Å². The highest BCUT2D eigenvalue weighted by atomic mass is 14.4. The molecule has 0 nitrogen and oxygen atoms in total. The van der Waals surface area contributed by atoms with Crippen molar-refractivity contribution in [3.8, 4) is 55.6 Å². The molecule has 0 unspecified atom stereocenters. The fraction of sp³-hybridized carbons (Fsp3) is 0.261.